The third kappa shape index (κ3) is 18.7. The summed E-state index contributed by atoms with van der Waals surface area (Å²) in [5.74, 6) is -0.154. The van der Waals surface area contributed by atoms with Gasteiger partial charge in [0.05, 0.1) is 41.5 Å². The zero-order valence-electron chi connectivity index (χ0n) is 42.4. The Labute approximate surface area is 455 Å². The molecule has 0 spiro atoms. The van der Waals surface area contributed by atoms with E-state index in [9.17, 15) is 24.8 Å². The largest absolute Gasteiger partial charge is 0.467 e. The molecule has 26 heteroatoms. The van der Waals surface area contributed by atoms with Gasteiger partial charge in [-0.3, -0.25) is 14.4 Å². The van der Waals surface area contributed by atoms with E-state index in [0.717, 1.165) is 51.5 Å². The van der Waals surface area contributed by atoms with E-state index >= 15 is 0 Å². The van der Waals surface area contributed by atoms with Crippen LogP contribution in [-0.4, -0.2) is 101 Å². The zero-order chi connectivity index (χ0) is 54.7. The summed E-state index contributed by atoms with van der Waals surface area (Å²) in [6.07, 6.45) is 7.66. The quantitative estimate of drug-likeness (QED) is 0.0209. The molecule has 73 heavy (non-hydrogen) atoms. The second-order valence-electron chi connectivity index (χ2n) is 16.9. The number of benzene rings is 3. The number of aromatic nitrogens is 4. The van der Waals surface area contributed by atoms with Crippen molar-refractivity contribution in [3.8, 4) is 5.75 Å². The molecule has 0 radical (unpaired) electrons. The molecule has 3 unspecified atom stereocenters. The molecule has 0 saturated heterocycles. The van der Waals surface area contributed by atoms with Gasteiger partial charge in [-0.2, -0.15) is 5.10 Å². The summed E-state index contributed by atoms with van der Waals surface area (Å²) in [5.41, 5.74) is 3.79. The summed E-state index contributed by atoms with van der Waals surface area (Å²) in [7, 11) is 7.13. The fourth-order valence-electron chi connectivity index (χ4n) is 7.64. The van der Waals surface area contributed by atoms with Crippen LogP contribution in [0.3, 0.4) is 0 Å². The highest BCUT2D eigenvalue weighted by atomic mass is 35.5. The number of nitrogens with zero attached hydrogens (tertiary/aromatic N) is 7. The average Bonchev–Trinajstić information content (AvgIpc) is 4.07. The van der Waals surface area contributed by atoms with E-state index in [2.05, 4.69) is 44.6 Å². The zero-order valence-corrected chi connectivity index (χ0v) is 47.9. The summed E-state index contributed by atoms with van der Waals surface area (Å²) < 4.78 is 27.3. The second kappa shape index (κ2) is 29.5. The molecule has 6 rings (SSSR count). The number of ether oxygens (including phenoxy) is 2. The van der Waals surface area contributed by atoms with Gasteiger partial charge < -0.3 is 38.8 Å². The van der Waals surface area contributed by atoms with Crippen molar-refractivity contribution in [3.05, 3.63) is 130 Å². The average molecular weight is 1150 g/mol. The van der Waals surface area contributed by atoms with Gasteiger partial charge in [0.2, 0.25) is 0 Å². The minimum Gasteiger partial charge on any atom is -0.467 e. The number of hydrogen-bond donors (Lipinski definition) is 3. The van der Waals surface area contributed by atoms with Crippen molar-refractivity contribution in [2.75, 3.05) is 47.0 Å². The molecule has 3 atom stereocenters. The molecule has 3 aromatic carbocycles. The van der Waals surface area contributed by atoms with Gasteiger partial charge in [0.1, 0.15) is 30.4 Å². The van der Waals surface area contributed by atoms with Crippen molar-refractivity contribution in [1.82, 2.24) is 30.4 Å². The van der Waals surface area contributed by atoms with Crippen LogP contribution in [0.25, 0.3) is 0 Å². The van der Waals surface area contributed by atoms with E-state index in [1.54, 1.807) is 36.3 Å². The number of carbonyl (C=O) groups excluding carboxylic acids is 2. The van der Waals surface area contributed by atoms with E-state index in [1.807, 2.05) is 63.2 Å². The van der Waals surface area contributed by atoms with E-state index in [0.29, 0.717) is 33.4 Å². The molecule has 1 aliphatic rings. The molecule has 0 aliphatic heterocycles. The van der Waals surface area contributed by atoms with Crippen LogP contribution in [0.1, 0.15) is 60.7 Å². The van der Waals surface area contributed by atoms with Crippen molar-refractivity contribution in [3.63, 3.8) is 0 Å². The minimum absolute atomic E-state index is 0.0875. The summed E-state index contributed by atoms with van der Waals surface area (Å²) >= 11 is 30.0. The third-order valence-corrected chi connectivity index (χ3v) is 15.9. The lowest BCUT2D eigenvalue weighted by molar-refractivity contribution is -0.485. The number of nitro groups is 1. The Balaban J connectivity index is 0.000000260. The Morgan fingerprint density at radius 2 is 1.67 bits per heavy atom. The first-order valence-electron chi connectivity index (χ1n) is 22.2. The summed E-state index contributed by atoms with van der Waals surface area (Å²) in [6.45, 7) is 9.59. The first-order valence-corrected chi connectivity index (χ1v) is 27.1. The number of methoxy groups -OCH3 is 2. The van der Waals surface area contributed by atoms with Gasteiger partial charge in [-0.25, -0.2) is 24.9 Å². The number of halogens is 4. The van der Waals surface area contributed by atoms with Gasteiger partial charge in [-0.1, -0.05) is 90.6 Å². The van der Waals surface area contributed by atoms with Gasteiger partial charge in [0.25, 0.3) is 11.9 Å². The maximum absolute atomic E-state index is 12.3. The Morgan fingerprint density at radius 1 is 1.05 bits per heavy atom. The maximum Gasteiger partial charge on any atom is 0.380 e. The number of hydrazone groups is 1. The fourth-order valence-corrected chi connectivity index (χ4v) is 10.4. The van der Waals surface area contributed by atoms with Crippen LogP contribution in [0.4, 0.5) is 5.69 Å². The van der Waals surface area contributed by atoms with Crippen LogP contribution in [0.5, 0.6) is 5.75 Å². The molecule has 3 N–H and O–H groups in total. The Kier molecular flexibility index (Phi) is 25.4. The number of esters is 1. The Hall–Kier alpha value is -4.51. The first kappa shape index (κ1) is 62.8. The molecular formula is C47H62Cl4N9O10PS2. The number of para-hydroxylation sites is 1. The highest BCUT2D eigenvalue weighted by Crippen LogP contribution is 2.53. The normalized spacial score (nSPS) is 16.3. The topological polar surface area (TPSA) is 227 Å². The first-order chi connectivity index (χ1) is 34.4. The van der Waals surface area contributed by atoms with E-state index in [4.69, 9.17) is 81.3 Å². The number of rotatable bonds is 16. The van der Waals surface area contributed by atoms with E-state index in [1.165, 1.54) is 63.6 Å². The molecule has 0 bridgehead atoms. The summed E-state index contributed by atoms with van der Waals surface area (Å²) in [6, 6.07) is 16.4. The number of thiazole rings is 1. The van der Waals surface area contributed by atoms with Crippen molar-refractivity contribution >= 4 is 99.8 Å². The van der Waals surface area contributed by atoms with Gasteiger partial charge in [-0.15, -0.1) is 11.3 Å². The number of nitrogens with one attached hydrogen (secondary N) is 2. The number of aryl methyl sites for hydroxylation is 3. The molecule has 2 heterocycles. The van der Waals surface area contributed by atoms with Crippen molar-refractivity contribution in [2.24, 2.45) is 16.4 Å². The molecule has 19 nitrogen and oxygen atoms in total. The van der Waals surface area contributed by atoms with Crippen molar-refractivity contribution in [1.29, 1.82) is 0 Å². The third-order valence-electron chi connectivity index (χ3n) is 11.5. The number of aliphatic hydroxyl groups is 1. The molecule has 1 aliphatic carbocycles. The summed E-state index contributed by atoms with van der Waals surface area (Å²) in [4.78, 5) is 44.3. The van der Waals surface area contributed by atoms with Crippen LogP contribution in [0.15, 0.2) is 78.6 Å². The molecule has 400 valence electrons. The highest BCUT2D eigenvalue weighted by molar-refractivity contribution is 8.07. The number of anilines is 1. The predicted octanol–water partition coefficient (Wildman–Crippen LogP) is 10.0. The molecule has 1 amide bonds. The van der Waals surface area contributed by atoms with Gasteiger partial charge >= 0.3 is 12.7 Å². The molecular weight excluding hydrogens is 1090 g/mol. The molecule has 5 aromatic rings. The number of hydrogen-bond acceptors (Lipinski definition) is 15. The fraction of sp³-hybridized carbons (Fsp3) is 0.447. The number of carbonyl (C=O) groups is 2. The lowest BCUT2D eigenvalue weighted by atomic mass is 9.72. The van der Waals surface area contributed by atoms with Crippen molar-refractivity contribution in [2.45, 2.75) is 85.5 Å². The van der Waals surface area contributed by atoms with Crippen molar-refractivity contribution < 1.29 is 42.8 Å². The second-order valence-corrected chi connectivity index (χ2v) is 23.0. The summed E-state index contributed by atoms with van der Waals surface area (Å²) in [5, 5.41) is 34.8. The van der Waals surface area contributed by atoms with Gasteiger partial charge in [0, 0.05) is 56.3 Å². The van der Waals surface area contributed by atoms with Crippen LogP contribution in [0, 0.1) is 42.2 Å². The minimum atomic E-state index is -2.81. The van der Waals surface area contributed by atoms with E-state index < -0.39 is 29.4 Å². The maximum atomic E-state index is 12.3. The lowest BCUT2D eigenvalue weighted by Gasteiger charge is -2.40. The van der Waals surface area contributed by atoms with Gasteiger partial charge in [0.15, 0.2) is 15.2 Å². The highest BCUT2D eigenvalue weighted by Gasteiger charge is 2.54. The lowest BCUT2D eigenvalue weighted by Crippen LogP contribution is -2.49. The smallest absolute Gasteiger partial charge is 0.380 e. The van der Waals surface area contributed by atoms with Gasteiger partial charge in [-0.05, 0) is 105 Å². The molecule has 1 saturated carbocycles. The van der Waals surface area contributed by atoms with Crippen LogP contribution in [-0.2, 0) is 59.4 Å². The SMILES string of the molecule is CC1(C)CCC(Cc2ccc(Cl)cc2)C1(O)Cn1cncn1.CN/C(=N\[N+](=O)[O-])NCc1cnc(Cl)s1.COCC(=O)N(c1c(C)cccc1C)C(C)C(=O)OC.COP(=S)(OC)Oc1c(Cl)cc(C)cc1Cl. The van der Waals surface area contributed by atoms with Crippen LogP contribution in [0.2, 0.25) is 19.5 Å². The Morgan fingerprint density at radius 3 is 2.16 bits per heavy atom. The Bertz CT molecular complexity index is 2620. The monoisotopic (exact) mass is 1150 g/mol. The standard InChI is InChI=1S/C17H22ClN3O.C15H21NO4.C9H11Cl2O3PS.C6H8ClN5O2S/c1-16(2)8-7-14(9-13-3-5-15(18)6-4-13)17(16,22)10-21-12-19-11-20-21;1-10-7-6-8-11(2)14(10)16(13(17)9-19-4)12(3)15(18)20-5;1-6-4-7(10)9(8(11)5-6)14-15(16,12-2)13-3;1-8-6(11-12(13)14)10-3-4-2-9-5(7)15-4/h3-6,11-12,14,22H,7-10H2,1-2H3;6-8,12H,9H2,1-5H3;4-5H,1-3H3;2H,3H2,1H3,(H2,8,10,11). The molecule has 1 fully saturated rings. The number of amides is 1. The van der Waals surface area contributed by atoms with Crippen LogP contribution >= 0.6 is 64.5 Å². The molecule has 2 aromatic heterocycles. The predicted molar refractivity (Wildman–Crippen MR) is 291 cm³/mol. The number of guanidine groups is 1. The van der Waals surface area contributed by atoms with E-state index in [-0.39, 0.29) is 29.8 Å². The van der Waals surface area contributed by atoms with Crippen LogP contribution < -0.4 is 20.1 Å².